The molecule has 1 N–H and O–H groups in total. The van der Waals surface area contributed by atoms with E-state index in [4.69, 9.17) is 0 Å². The minimum absolute atomic E-state index is 0.653. The third-order valence-electron chi connectivity index (χ3n) is 2.27. The van der Waals surface area contributed by atoms with Crippen LogP contribution in [0.2, 0.25) is 0 Å². The molecule has 0 bridgehead atoms. The Kier molecular flexibility index (Phi) is 5.74. The van der Waals surface area contributed by atoms with Crippen LogP contribution < -0.4 is 5.32 Å². The Morgan fingerprint density at radius 1 is 1.50 bits per heavy atom. The Hall–Kier alpha value is -0.640. The number of hydrogen-bond donors (Lipinski definition) is 1. The predicted octanol–water partition coefficient (Wildman–Crippen LogP) is 3.01. The van der Waals surface area contributed by atoms with E-state index >= 15 is 0 Å². The molecule has 1 heterocycles. The molecule has 92 valence electrons. The van der Waals surface area contributed by atoms with E-state index in [0.717, 1.165) is 24.7 Å². The van der Waals surface area contributed by atoms with E-state index in [1.54, 1.807) is 0 Å². The van der Waals surface area contributed by atoms with Crippen LogP contribution in [0, 0.1) is 12.8 Å². The molecule has 0 aliphatic carbocycles. The fourth-order valence-corrected chi connectivity index (χ4v) is 2.07. The minimum Gasteiger partial charge on any atom is -0.356 e. The van der Waals surface area contributed by atoms with Crippen molar-refractivity contribution in [3.63, 3.8) is 0 Å². The number of rotatable bonds is 7. The summed E-state index contributed by atoms with van der Waals surface area (Å²) in [4.78, 5) is 4.51. The van der Waals surface area contributed by atoms with Gasteiger partial charge >= 0.3 is 0 Å². The van der Waals surface area contributed by atoms with Crippen molar-refractivity contribution in [2.24, 2.45) is 5.92 Å². The number of hydrogen-bond acceptors (Lipinski definition) is 3. The largest absolute Gasteiger partial charge is 0.356 e. The van der Waals surface area contributed by atoms with Gasteiger partial charge in [0.1, 0.15) is 0 Å². The van der Waals surface area contributed by atoms with Gasteiger partial charge in [0.15, 0.2) is 0 Å². The Morgan fingerprint density at radius 2 is 2.25 bits per heavy atom. The van der Waals surface area contributed by atoms with Gasteiger partial charge in [0.25, 0.3) is 0 Å². The van der Waals surface area contributed by atoms with Gasteiger partial charge in [-0.15, -0.1) is 0 Å². The third kappa shape index (κ3) is 4.47. The van der Waals surface area contributed by atoms with E-state index in [1.807, 2.05) is 18.7 Å². The van der Waals surface area contributed by atoms with Crippen molar-refractivity contribution in [1.29, 1.82) is 0 Å². The highest BCUT2D eigenvalue weighted by Gasteiger charge is 2.06. The normalized spacial score (nSPS) is 11.1. The van der Waals surface area contributed by atoms with Crippen LogP contribution in [0.3, 0.4) is 0 Å². The van der Waals surface area contributed by atoms with Gasteiger partial charge in [0.2, 0.25) is 5.95 Å². The first kappa shape index (κ1) is 13.4. The lowest BCUT2D eigenvalue weighted by Gasteiger charge is -2.11. The summed E-state index contributed by atoms with van der Waals surface area (Å²) in [6.07, 6.45) is 5.45. The van der Waals surface area contributed by atoms with E-state index in [2.05, 4.69) is 41.2 Å². The van der Waals surface area contributed by atoms with Crippen molar-refractivity contribution in [1.82, 2.24) is 9.55 Å². The van der Waals surface area contributed by atoms with Crippen LogP contribution >= 0.6 is 11.8 Å². The van der Waals surface area contributed by atoms with Crippen LogP contribution in [0.4, 0.5) is 5.95 Å². The minimum atomic E-state index is 0.653. The molecule has 1 aromatic heterocycles. The Bertz CT molecular complexity index is 307. The summed E-state index contributed by atoms with van der Waals surface area (Å²) in [6.45, 7) is 8.55. The summed E-state index contributed by atoms with van der Waals surface area (Å²) in [6, 6.07) is 0. The monoisotopic (exact) mass is 241 g/mol. The highest BCUT2D eigenvalue weighted by Crippen LogP contribution is 2.11. The summed E-state index contributed by atoms with van der Waals surface area (Å²) in [5, 5.41) is 3.41. The van der Waals surface area contributed by atoms with Gasteiger partial charge in [0, 0.05) is 19.3 Å². The average Bonchev–Trinajstić information content (AvgIpc) is 2.53. The molecular formula is C12H23N3S. The van der Waals surface area contributed by atoms with Crippen molar-refractivity contribution in [2.45, 2.75) is 33.7 Å². The number of imidazole rings is 1. The summed E-state index contributed by atoms with van der Waals surface area (Å²) in [5.41, 5.74) is 1.09. The van der Waals surface area contributed by atoms with E-state index in [-0.39, 0.29) is 0 Å². The molecule has 0 spiro atoms. The second-order valence-corrected chi connectivity index (χ2v) is 5.51. The summed E-state index contributed by atoms with van der Waals surface area (Å²) in [7, 11) is 0. The second kappa shape index (κ2) is 6.84. The lowest BCUT2D eigenvalue weighted by Crippen LogP contribution is -2.11. The third-order valence-corrected chi connectivity index (χ3v) is 2.96. The quantitative estimate of drug-likeness (QED) is 0.744. The molecule has 0 unspecified atom stereocenters. The Balaban J connectivity index is 2.50. The Morgan fingerprint density at radius 3 is 2.88 bits per heavy atom. The molecule has 3 nitrogen and oxygen atoms in total. The van der Waals surface area contributed by atoms with Crippen molar-refractivity contribution >= 4 is 17.7 Å². The van der Waals surface area contributed by atoms with Crippen LogP contribution in [0.15, 0.2) is 6.20 Å². The molecule has 0 aliphatic heterocycles. The highest BCUT2D eigenvalue weighted by molar-refractivity contribution is 7.98. The smallest absolute Gasteiger partial charge is 0.203 e. The van der Waals surface area contributed by atoms with Crippen LogP contribution in [0.25, 0.3) is 0 Å². The average molecular weight is 241 g/mol. The maximum atomic E-state index is 4.51. The molecule has 0 aromatic carbocycles. The fourth-order valence-electron chi connectivity index (χ4n) is 1.64. The maximum absolute atomic E-state index is 4.51. The molecule has 0 atom stereocenters. The molecule has 0 saturated heterocycles. The highest BCUT2D eigenvalue weighted by atomic mass is 32.2. The molecule has 0 fully saturated rings. The molecule has 0 aliphatic rings. The number of anilines is 1. The van der Waals surface area contributed by atoms with Gasteiger partial charge < -0.3 is 9.88 Å². The topological polar surface area (TPSA) is 29.9 Å². The van der Waals surface area contributed by atoms with Crippen LogP contribution in [-0.4, -0.2) is 28.1 Å². The number of aryl methyl sites for hydroxylation is 1. The molecule has 1 aromatic rings. The molecule has 0 radical (unpaired) electrons. The summed E-state index contributed by atoms with van der Waals surface area (Å²) in [5.74, 6) is 2.88. The zero-order valence-corrected chi connectivity index (χ0v) is 11.6. The zero-order valence-electron chi connectivity index (χ0n) is 10.8. The fraction of sp³-hybridized carbons (Fsp3) is 0.750. The van der Waals surface area contributed by atoms with Gasteiger partial charge in [-0.25, -0.2) is 4.98 Å². The Labute approximate surface area is 103 Å². The molecule has 0 amide bonds. The molecule has 0 saturated carbocycles. The summed E-state index contributed by atoms with van der Waals surface area (Å²) < 4.78 is 2.22. The number of aromatic nitrogens is 2. The van der Waals surface area contributed by atoms with Crippen LogP contribution in [0.1, 0.15) is 26.0 Å². The number of thioether (sulfide) groups is 1. The van der Waals surface area contributed by atoms with Crippen molar-refractivity contribution in [2.75, 3.05) is 23.9 Å². The lowest BCUT2D eigenvalue weighted by molar-refractivity contribution is 0.526. The first-order valence-electron chi connectivity index (χ1n) is 5.90. The first-order chi connectivity index (χ1) is 7.63. The van der Waals surface area contributed by atoms with E-state index < -0.39 is 0 Å². The van der Waals surface area contributed by atoms with E-state index in [0.29, 0.717) is 5.92 Å². The molecule has 1 rings (SSSR count). The van der Waals surface area contributed by atoms with Gasteiger partial charge in [-0.3, -0.25) is 0 Å². The van der Waals surface area contributed by atoms with Gasteiger partial charge in [-0.2, -0.15) is 11.8 Å². The zero-order chi connectivity index (χ0) is 12.0. The maximum Gasteiger partial charge on any atom is 0.203 e. The standard InChI is InChI=1S/C12H23N3S/c1-10(2)8-15-9-11(3)14-12(15)13-6-5-7-16-4/h9-10H,5-8H2,1-4H3,(H,13,14). The van der Waals surface area contributed by atoms with Crippen LogP contribution in [-0.2, 0) is 6.54 Å². The summed E-state index contributed by atoms with van der Waals surface area (Å²) >= 11 is 1.89. The van der Waals surface area contributed by atoms with Crippen molar-refractivity contribution in [3.05, 3.63) is 11.9 Å². The van der Waals surface area contributed by atoms with E-state index in [1.165, 1.54) is 12.2 Å². The van der Waals surface area contributed by atoms with Crippen molar-refractivity contribution in [3.8, 4) is 0 Å². The van der Waals surface area contributed by atoms with Gasteiger partial charge in [0.05, 0.1) is 5.69 Å². The molecule has 16 heavy (non-hydrogen) atoms. The van der Waals surface area contributed by atoms with Crippen LogP contribution in [0.5, 0.6) is 0 Å². The van der Waals surface area contributed by atoms with Crippen molar-refractivity contribution < 1.29 is 0 Å². The lowest BCUT2D eigenvalue weighted by atomic mass is 10.2. The van der Waals surface area contributed by atoms with Gasteiger partial charge in [-0.05, 0) is 31.3 Å². The number of nitrogens with one attached hydrogen (secondary N) is 1. The second-order valence-electron chi connectivity index (χ2n) is 4.53. The van der Waals surface area contributed by atoms with E-state index in [9.17, 15) is 0 Å². The SMILES string of the molecule is CSCCCNc1nc(C)cn1CC(C)C. The molecular weight excluding hydrogens is 218 g/mol. The predicted molar refractivity (Wildman–Crippen MR) is 73.3 cm³/mol. The molecule has 4 heteroatoms. The first-order valence-corrected chi connectivity index (χ1v) is 7.29. The van der Waals surface area contributed by atoms with Gasteiger partial charge in [-0.1, -0.05) is 13.8 Å². The number of nitrogens with zero attached hydrogens (tertiary/aromatic N) is 2.